The number of allylic oxidation sites excluding steroid dienone is 1. The van der Waals surface area contributed by atoms with Crippen molar-refractivity contribution in [3.63, 3.8) is 0 Å². The highest BCUT2D eigenvalue weighted by atomic mass is 16.8. The van der Waals surface area contributed by atoms with Gasteiger partial charge in [0, 0.05) is 10.8 Å². The van der Waals surface area contributed by atoms with Gasteiger partial charge in [-0.3, -0.25) is 0 Å². The van der Waals surface area contributed by atoms with Crippen LogP contribution in [0.15, 0.2) is 11.6 Å². The van der Waals surface area contributed by atoms with Crippen LogP contribution in [-0.2, 0) is 56.8 Å². The summed E-state index contributed by atoms with van der Waals surface area (Å²) in [6.07, 6.45) is -48.7. The molecule has 34 nitrogen and oxygen atoms in total. The summed E-state index contributed by atoms with van der Waals surface area (Å²) in [5, 5.41) is 239. The summed E-state index contributed by atoms with van der Waals surface area (Å²) >= 11 is 0. The molecule has 6 aliphatic heterocycles. The Bertz CT molecular complexity index is 2670. The van der Waals surface area contributed by atoms with Crippen molar-refractivity contribution in [2.75, 3.05) is 39.6 Å². The molecule has 34 heteroatoms. The second-order valence-electron chi connectivity index (χ2n) is 31.5. The molecule has 0 spiro atoms. The van der Waals surface area contributed by atoms with E-state index < -0.39 is 264 Å². The summed E-state index contributed by atoms with van der Waals surface area (Å²) in [6, 6.07) is 0. The van der Waals surface area contributed by atoms with Gasteiger partial charge in [-0.05, 0) is 99.7 Å². The first-order valence-corrected chi connectivity index (χ1v) is 35.1. The highest BCUT2D eigenvalue weighted by Crippen LogP contribution is 2.75. The molecule has 10 aliphatic rings. The molecule has 3 unspecified atom stereocenters. The minimum absolute atomic E-state index is 0.00756. The fourth-order valence-corrected chi connectivity index (χ4v) is 18.5. The first kappa shape index (κ1) is 80.9. The van der Waals surface area contributed by atoms with Crippen LogP contribution in [0.1, 0.15) is 107 Å². The average Bonchev–Trinajstić information content (AvgIpc) is 1.33. The van der Waals surface area contributed by atoms with Gasteiger partial charge in [0.1, 0.15) is 146 Å². The van der Waals surface area contributed by atoms with Gasteiger partial charge >= 0.3 is 0 Å². The molecule has 0 amide bonds. The predicted molar refractivity (Wildman–Crippen MR) is 333 cm³/mol. The second-order valence-corrected chi connectivity index (χ2v) is 31.5. The molecule has 10 rings (SSSR count). The quantitative estimate of drug-likeness (QED) is 0.0423. The lowest BCUT2D eigenvalue weighted by molar-refractivity contribution is -0.380. The maximum absolute atomic E-state index is 13.0. The highest BCUT2D eigenvalue weighted by molar-refractivity contribution is 5.32. The molecule has 0 bridgehead atoms. The Hall–Kier alpha value is -1.62. The molecule has 9 fully saturated rings. The first-order chi connectivity index (χ1) is 46.9. The van der Waals surface area contributed by atoms with Crippen LogP contribution >= 0.6 is 0 Å². The van der Waals surface area contributed by atoms with E-state index in [1.165, 1.54) is 13.8 Å². The Morgan fingerprint density at radius 3 is 1.30 bits per heavy atom. The van der Waals surface area contributed by atoms with Gasteiger partial charge in [-0.1, -0.05) is 53.2 Å². The number of ether oxygens (including phenoxy) is 12. The lowest BCUT2D eigenvalue weighted by Gasteiger charge is -2.67. The first-order valence-electron chi connectivity index (χ1n) is 35.1. The van der Waals surface area contributed by atoms with E-state index in [-0.39, 0.29) is 35.5 Å². The number of rotatable bonds is 23. The van der Waals surface area contributed by atoms with Crippen LogP contribution in [0.5, 0.6) is 0 Å². The van der Waals surface area contributed by atoms with Gasteiger partial charge in [-0.25, -0.2) is 0 Å². The minimum atomic E-state index is -1.99. The zero-order valence-electron chi connectivity index (χ0n) is 57.6. The molecule has 6 heterocycles. The van der Waals surface area contributed by atoms with Crippen LogP contribution in [0.3, 0.4) is 0 Å². The minimum Gasteiger partial charge on any atom is -0.394 e. The van der Waals surface area contributed by atoms with E-state index in [0.29, 0.717) is 32.1 Å². The van der Waals surface area contributed by atoms with Crippen LogP contribution in [0.25, 0.3) is 0 Å². The van der Waals surface area contributed by atoms with Crippen LogP contribution in [-0.4, -0.2) is 360 Å². The van der Waals surface area contributed by atoms with Crippen molar-refractivity contribution in [3.8, 4) is 0 Å². The smallest absolute Gasteiger partial charge is 0.187 e. The van der Waals surface area contributed by atoms with Gasteiger partial charge in [0.15, 0.2) is 37.7 Å². The van der Waals surface area contributed by atoms with Gasteiger partial charge in [-0.15, -0.1) is 0 Å². The SMILES string of the molecule is CC(CC[C@@H](O[C@@H]1O[C@H](CO[C@@H]2O[C@H](CO)[C@@H](O)[C@H](O)[C@H]2O)[C@@H](O)[C@H](O)[C@H]1OC1O[C@H](CO)[C@@H](O)[C@H](O)[C@H]1O)C(C)(C)O)C1CC[C@@]2(C)[C@@H]3CC=C4[C@@H](CC[C@H](O[C@@H]5O[C@H](CO[C@@H]6O[C@H](CO)[C@@H](O)[C@H](O)[C@H]6O)[C@@H](O)[C@H](O)[C@H]5O[C@@H]5O[C@H](CO)[C@@H](O)[C@H](O)[C@H]5O)C4(C)C)[C@]3(C)[C@@H](O)C[C@]12C. The summed E-state index contributed by atoms with van der Waals surface area (Å²) < 4.78 is 72.0. The summed E-state index contributed by atoms with van der Waals surface area (Å²) in [5.74, 6) is -0.322. The third-order valence-electron chi connectivity index (χ3n) is 25.0. The van der Waals surface area contributed by atoms with E-state index in [0.717, 1.165) is 18.4 Å². The number of hydrogen-bond acceptors (Lipinski definition) is 34. The summed E-state index contributed by atoms with van der Waals surface area (Å²) in [6.45, 7) is 11.3. The molecule has 22 N–H and O–H groups in total. The molecular weight excluding hydrogens is 1340 g/mol. The molecule has 3 saturated carbocycles. The predicted octanol–water partition coefficient (Wildman–Crippen LogP) is -7.58. The van der Waals surface area contributed by atoms with Crippen molar-refractivity contribution < 1.29 is 169 Å². The van der Waals surface area contributed by atoms with Gasteiger partial charge in [-0.2, -0.15) is 0 Å². The molecular formula is C66H112O34. The van der Waals surface area contributed by atoms with E-state index in [2.05, 4.69) is 33.8 Å². The van der Waals surface area contributed by atoms with E-state index in [1.807, 2.05) is 13.8 Å². The van der Waals surface area contributed by atoms with Crippen molar-refractivity contribution in [2.24, 2.45) is 45.3 Å². The third-order valence-corrected chi connectivity index (χ3v) is 25.0. The number of hydrogen-bond donors (Lipinski definition) is 22. The average molecular weight is 1450 g/mol. The van der Waals surface area contributed by atoms with Crippen molar-refractivity contribution in [1.29, 1.82) is 0 Å². The van der Waals surface area contributed by atoms with Crippen LogP contribution in [0.2, 0.25) is 0 Å². The standard InChI is InChI=1S/C66H112O34/c1-24(9-13-37(63(4,5)88)98-61-55(100-59-53(87)47(81)41(75)31(21-70)94-59)49(83)43(77)33(96-61)23-90-57-51(85)45(79)39(73)29(19-68)92-57)25-15-16-64(6)34-12-10-26-27(66(34,8)35(71)17-65(25,64)7)11-14-36(62(26,2)3)97-60-54(99-58-52(86)46(80)40(74)30(20-69)93-58)48(82)42(76)32(95-60)22-89-56-50(84)44(78)38(72)28(18-67)91-56/h10,24-25,27-61,67-88H,9,11-23H2,1-8H3/t24?,25?,27-,28-,29-,30-,31-,32-,33-,34+,35+,36+,37-,38-,39-,40-,41-,42-,43-,44+,45+,46+,47+,48+,49+,50-,51-,52-,53-,54-,55-,56-,57-,58+,59?,60+,61+,64+,65-,66+/m1/s1. The van der Waals surface area contributed by atoms with E-state index >= 15 is 0 Å². The monoisotopic (exact) mass is 1450 g/mol. The third kappa shape index (κ3) is 14.8. The molecule has 0 aromatic carbocycles. The largest absolute Gasteiger partial charge is 0.394 e. The van der Waals surface area contributed by atoms with Gasteiger partial charge in [0.25, 0.3) is 0 Å². The Morgan fingerprint density at radius 1 is 0.460 bits per heavy atom. The van der Waals surface area contributed by atoms with Gasteiger partial charge in [0.2, 0.25) is 0 Å². The maximum atomic E-state index is 13.0. The molecule has 100 heavy (non-hydrogen) atoms. The maximum Gasteiger partial charge on any atom is 0.187 e. The van der Waals surface area contributed by atoms with Gasteiger partial charge < -0.3 is 169 Å². The number of aliphatic hydroxyl groups is 22. The normalized spacial score (nSPS) is 52.1. The molecule has 580 valence electrons. The zero-order chi connectivity index (χ0) is 73.5. The van der Waals surface area contributed by atoms with Crippen molar-refractivity contribution in [1.82, 2.24) is 0 Å². The fraction of sp³-hybridized carbons (Fsp3) is 0.970. The van der Waals surface area contributed by atoms with Crippen LogP contribution in [0.4, 0.5) is 0 Å². The molecule has 0 radical (unpaired) electrons. The highest BCUT2D eigenvalue weighted by Gasteiger charge is 2.71. The molecule has 6 saturated heterocycles. The van der Waals surface area contributed by atoms with Crippen molar-refractivity contribution in [2.45, 2.75) is 315 Å². The Labute approximate surface area is 579 Å². The Balaban J connectivity index is 0.853. The van der Waals surface area contributed by atoms with Crippen LogP contribution in [0, 0.1) is 45.3 Å². The lowest BCUT2D eigenvalue weighted by Crippen LogP contribution is -2.66. The van der Waals surface area contributed by atoms with E-state index in [9.17, 15) is 112 Å². The van der Waals surface area contributed by atoms with Crippen LogP contribution < -0.4 is 0 Å². The fourth-order valence-electron chi connectivity index (χ4n) is 18.5. The van der Waals surface area contributed by atoms with E-state index in [4.69, 9.17) is 56.8 Å². The molecule has 4 aliphatic carbocycles. The van der Waals surface area contributed by atoms with Crippen molar-refractivity contribution in [3.05, 3.63) is 11.6 Å². The number of fused-ring (bicyclic) bond motifs is 5. The Kier molecular flexibility index (Phi) is 25.5. The van der Waals surface area contributed by atoms with Gasteiger partial charge in [0.05, 0.1) is 63.6 Å². The van der Waals surface area contributed by atoms with E-state index in [1.54, 1.807) is 0 Å². The lowest BCUT2D eigenvalue weighted by atomic mass is 9.38. The van der Waals surface area contributed by atoms with Crippen molar-refractivity contribution >= 4 is 0 Å². The zero-order valence-corrected chi connectivity index (χ0v) is 57.6. The molecule has 0 aromatic rings. The summed E-state index contributed by atoms with van der Waals surface area (Å²) in [4.78, 5) is 0. The summed E-state index contributed by atoms with van der Waals surface area (Å²) in [7, 11) is 0. The molecule has 0 aromatic heterocycles. The Morgan fingerprint density at radius 2 is 0.860 bits per heavy atom. The second kappa shape index (κ2) is 31.5. The topological polar surface area (TPSA) is 556 Å². The molecule has 40 atom stereocenters. The number of aliphatic hydroxyl groups excluding tert-OH is 21. The summed E-state index contributed by atoms with van der Waals surface area (Å²) in [5.41, 5.74) is -3.02.